The van der Waals surface area contributed by atoms with Crippen LogP contribution in [0.3, 0.4) is 0 Å². The largest absolute Gasteiger partial charge is 0.465 e. The van der Waals surface area contributed by atoms with Crippen LogP contribution in [-0.4, -0.2) is 28.5 Å². The highest BCUT2D eigenvalue weighted by atomic mass is 32.1. The molecule has 0 saturated carbocycles. The number of esters is 1. The zero-order valence-corrected chi connectivity index (χ0v) is 16.5. The molecule has 2 N–H and O–H groups in total. The molecule has 0 radical (unpaired) electrons. The number of carbonyl (C=O) groups excluding carboxylic acids is 2. The molecule has 0 saturated heterocycles. The quantitative estimate of drug-likeness (QED) is 0.738. The van der Waals surface area contributed by atoms with Crippen molar-refractivity contribution in [3.05, 3.63) is 27.3 Å². The Bertz CT molecular complexity index is 752. The summed E-state index contributed by atoms with van der Waals surface area (Å²) in [7, 11) is 1.31. The van der Waals surface area contributed by atoms with Crippen LogP contribution in [0.5, 0.6) is 0 Å². The lowest BCUT2D eigenvalue weighted by Gasteiger charge is -2.08. The lowest BCUT2D eigenvalue weighted by Crippen LogP contribution is -2.28. The predicted octanol–water partition coefficient (Wildman–Crippen LogP) is 3.95. The summed E-state index contributed by atoms with van der Waals surface area (Å²) in [6.45, 7) is 8.33. The van der Waals surface area contributed by atoms with E-state index in [0.717, 1.165) is 22.2 Å². The first-order valence-electron chi connectivity index (χ1n) is 7.90. The van der Waals surface area contributed by atoms with Crippen LogP contribution in [0.2, 0.25) is 0 Å². The number of amides is 2. The Hall–Kier alpha value is -2.00. The summed E-state index contributed by atoms with van der Waals surface area (Å²) in [5.74, 6) is -0.101. The van der Waals surface area contributed by atoms with E-state index in [9.17, 15) is 9.59 Å². The number of thiazole rings is 1. The minimum atomic E-state index is -0.505. The Kier molecular flexibility index (Phi) is 6.49. The van der Waals surface area contributed by atoms with Gasteiger partial charge in [-0.1, -0.05) is 27.7 Å². The molecule has 7 nitrogen and oxygen atoms in total. The molecule has 2 aromatic heterocycles. The second kappa shape index (κ2) is 8.39. The van der Waals surface area contributed by atoms with E-state index in [1.807, 2.05) is 19.2 Å². The fourth-order valence-electron chi connectivity index (χ4n) is 2.06. The SMILES string of the molecule is COC(=O)c1c(C(C)C)nsc1NC(=O)NCc1nc(C(C)C)cs1. The van der Waals surface area contributed by atoms with Crippen LogP contribution in [0.15, 0.2) is 5.38 Å². The Labute approximate surface area is 155 Å². The summed E-state index contributed by atoms with van der Waals surface area (Å²) in [5.41, 5.74) is 1.95. The number of carbonyl (C=O) groups is 2. The van der Waals surface area contributed by atoms with Crippen molar-refractivity contribution in [3.63, 3.8) is 0 Å². The van der Waals surface area contributed by atoms with Crippen molar-refractivity contribution in [2.75, 3.05) is 12.4 Å². The molecule has 0 aliphatic heterocycles. The van der Waals surface area contributed by atoms with Gasteiger partial charge in [0, 0.05) is 5.38 Å². The molecule has 25 heavy (non-hydrogen) atoms. The van der Waals surface area contributed by atoms with Crippen LogP contribution >= 0.6 is 22.9 Å². The molecule has 136 valence electrons. The summed E-state index contributed by atoms with van der Waals surface area (Å²) >= 11 is 2.58. The molecule has 0 fully saturated rings. The lowest BCUT2D eigenvalue weighted by molar-refractivity contribution is 0.0600. The Morgan fingerprint density at radius 2 is 1.96 bits per heavy atom. The van der Waals surface area contributed by atoms with Crippen molar-refractivity contribution < 1.29 is 14.3 Å². The summed E-state index contributed by atoms with van der Waals surface area (Å²) in [6, 6.07) is -0.412. The standard InChI is InChI=1S/C16H22N4O3S2/c1-8(2)10-7-24-11(18-10)6-17-16(22)19-14-12(15(21)23-5)13(9(3)4)20-25-14/h7-9H,6H2,1-5H3,(H2,17,19,22). The van der Waals surface area contributed by atoms with E-state index >= 15 is 0 Å². The van der Waals surface area contributed by atoms with Crippen LogP contribution in [0.4, 0.5) is 9.80 Å². The molecule has 0 aliphatic carbocycles. The van der Waals surface area contributed by atoms with Crippen molar-refractivity contribution in [1.29, 1.82) is 0 Å². The van der Waals surface area contributed by atoms with E-state index in [-0.39, 0.29) is 5.92 Å². The first-order valence-corrected chi connectivity index (χ1v) is 9.55. The number of rotatable bonds is 6. The number of hydrogen-bond donors (Lipinski definition) is 2. The molecular formula is C16H22N4O3S2. The average molecular weight is 383 g/mol. The summed E-state index contributed by atoms with van der Waals surface area (Å²) < 4.78 is 9.08. The molecule has 0 aromatic carbocycles. The Balaban J connectivity index is 2.03. The van der Waals surface area contributed by atoms with Crippen molar-refractivity contribution in [3.8, 4) is 0 Å². The minimum Gasteiger partial charge on any atom is -0.465 e. The maximum Gasteiger partial charge on any atom is 0.342 e. The van der Waals surface area contributed by atoms with Gasteiger partial charge in [-0.05, 0) is 23.4 Å². The van der Waals surface area contributed by atoms with Gasteiger partial charge >= 0.3 is 12.0 Å². The van der Waals surface area contributed by atoms with Crippen LogP contribution in [0.1, 0.15) is 66.3 Å². The molecule has 2 rings (SSSR count). The van der Waals surface area contributed by atoms with E-state index in [0.29, 0.717) is 28.7 Å². The number of aromatic nitrogens is 2. The second-order valence-electron chi connectivity index (χ2n) is 6.05. The van der Waals surface area contributed by atoms with Crippen LogP contribution < -0.4 is 10.6 Å². The zero-order valence-electron chi connectivity index (χ0n) is 14.9. The van der Waals surface area contributed by atoms with Crippen molar-refractivity contribution in [2.45, 2.75) is 46.1 Å². The van der Waals surface area contributed by atoms with Crippen molar-refractivity contribution >= 4 is 39.9 Å². The normalized spacial score (nSPS) is 11.0. The van der Waals surface area contributed by atoms with Gasteiger partial charge in [0.15, 0.2) is 0 Å². The van der Waals surface area contributed by atoms with Gasteiger partial charge in [0.25, 0.3) is 0 Å². The number of nitrogens with one attached hydrogen (secondary N) is 2. The molecule has 0 unspecified atom stereocenters. The van der Waals surface area contributed by atoms with Crippen molar-refractivity contribution in [2.24, 2.45) is 0 Å². The molecule has 2 aromatic rings. The van der Waals surface area contributed by atoms with Crippen molar-refractivity contribution in [1.82, 2.24) is 14.7 Å². The molecule has 0 aliphatic rings. The van der Waals surface area contributed by atoms with E-state index in [1.54, 1.807) is 0 Å². The van der Waals surface area contributed by atoms with E-state index in [1.165, 1.54) is 18.4 Å². The number of nitrogens with zero attached hydrogens (tertiary/aromatic N) is 2. The van der Waals surface area contributed by atoms with Gasteiger partial charge in [0.05, 0.1) is 25.0 Å². The predicted molar refractivity (Wildman–Crippen MR) is 99.6 cm³/mol. The lowest BCUT2D eigenvalue weighted by atomic mass is 10.1. The summed E-state index contributed by atoms with van der Waals surface area (Å²) in [5, 5.41) is 8.64. The first-order chi connectivity index (χ1) is 11.8. The van der Waals surface area contributed by atoms with Gasteiger partial charge in [0.1, 0.15) is 15.6 Å². The minimum absolute atomic E-state index is 0.0498. The molecule has 0 atom stereocenters. The van der Waals surface area contributed by atoms with Gasteiger partial charge in [0.2, 0.25) is 0 Å². The number of ether oxygens (including phenoxy) is 1. The Morgan fingerprint density at radius 3 is 2.52 bits per heavy atom. The van der Waals surface area contributed by atoms with Gasteiger partial charge in [-0.3, -0.25) is 5.32 Å². The highest BCUT2D eigenvalue weighted by Gasteiger charge is 2.24. The number of urea groups is 1. The van der Waals surface area contributed by atoms with E-state index in [4.69, 9.17) is 4.74 Å². The monoisotopic (exact) mass is 382 g/mol. The molecule has 9 heteroatoms. The molecule has 2 heterocycles. The molecule has 0 spiro atoms. The highest BCUT2D eigenvalue weighted by molar-refractivity contribution is 7.11. The topological polar surface area (TPSA) is 93.2 Å². The maximum absolute atomic E-state index is 12.2. The van der Waals surface area contributed by atoms with Crippen LogP contribution in [0.25, 0.3) is 0 Å². The highest BCUT2D eigenvalue weighted by Crippen LogP contribution is 2.30. The maximum atomic E-state index is 12.2. The van der Waals surface area contributed by atoms with Gasteiger partial charge in [-0.25, -0.2) is 14.6 Å². The molecule has 0 bridgehead atoms. The third-order valence-corrected chi connectivity index (χ3v) is 5.09. The fraction of sp³-hybridized carbons (Fsp3) is 0.500. The molecular weight excluding hydrogens is 360 g/mol. The second-order valence-corrected chi connectivity index (χ2v) is 7.76. The number of hydrogen-bond acceptors (Lipinski definition) is 7. The summed E-state index contributed by atoms with van der Waals surface area (Å²) in [4.78, 5) is 28.6. The number of methoxy groups -OCH3 is 1. The Morgan fingerprint density at radius 1 is 1.24 bits per heavy atom. The van der Waals surface area contributed by atoms with E-state index in [2.05, 4.69) is 33.8 Å². The van der Waals surface area contributed by atoms with Gasteiger partial charge in [-0.15, -0.1) is 11.3 Å². The molecule has 2 amide bonds. The van der Waals surface area contributed by atoms with Gasteiger partial charge < -0.3 is 10.1 Å². The smallest absolute Gasteiger partial charge is 0.342 e. The van der Waals surface area contributed by atoms with Crippen LogP contribution in [-0.2, 0) is 11.3 Å². The zero-order chi connectivity index (χ0) is 18.6. The third kappa shape index (κ3) is 4.76. The fourth-order valence-corrected chi connectivity index (χ4v) is 3.86. The summed E-state index contributed by atoms with van der Waals surface area (Å²) in [6.07, 6.45) is 0. The first kappa shape index (κ1) is 19.3. The van der Waals surface area contributed by atoms with E-state index < -0.39 is 12.0 Å². The van der Waals surface area contributed by atoms with Crippen LogP contribution in [0, 0.1) is 0 Å². The third-order valence-electron chi connectivity index (χ3n) is 3.44. The average Bonchev–Trinajstić information content (AvgIpc) is 3.19. The number of anilines is 1. The van der Waals surface area contributed by atoms with Gasteiger partial charge in [-0.2, -0.15) is 4.37 Å².